The predicted molar refractivity (Wildman–Crippen MR) is 189 cm³/mol. The summed E-state index contributed by atoms with van der Waals surface area (Å²) in [5.74, 6) is 1.95. The fraction of sp³-hybridized carbons (Fsp3) is 0. The largest absolute Gasteiger partial charge is 0.208 e. The van der Waals surface area contributed by atoms with E-state index in [1.54, 1.807) is 0 Å². The summed E-state index contributed by atoms with van der Waals surface area (Å²) >= 11 is 0. The van der Waals surface area contributed by atoms with E-state index < -0.39 is 0 Å². The van der Waals surface area contributed by atoms with Gasteiger partial charge in [-0.3, -0.25) is 0 Å². The number of rotatable bonds is 5. The normalized spacial score (nSPS) is 11.5. The van der Waals surface area contributed by atoms with Crippen molar-refractivity contribution in [3.05, 3.63) is 164 Å². The molecule has 0 bridgehead atoms. The quantitative estimate of drug-likeness (QED) is 0.202. The number of benzene rings is 7. The fourth-order valence-corrected chi connectivity index (χ4v) is 6.61. The topological polar surface area (TPSA) is 38.7 Å². The number of hydrogen-bond acceptors (Lipinski definition) is 3. The van der Waals surface area contributed by atoms with Gasteiger partial charge in [-0.1, -0.05) is 146 Å². The number of fused-ring (bicyclic) bond motifs is 3. The Morgan fingerprint density at radius 1 is 0.261 bits per heavy atom. The molecular formula is C43H27N3. The van der Waals surface area contributed by atoms with Gasteiger partial charge in [-0.2, -0.15) is 0 Å². The van der Waals surface area contributed by atoms with E-state index in [1.807, 2.05) is 36.4 Å². The van der Waals surface area contributed by atoms with Crippen molar-refractivity contribution < 1.29 is 0 Å². The van der Waals surface area contributed by atoms with Crippen molar-refractivity contribution in [1.29, 1.82) is 0 Å². The van der Waals surface area contributed by atoms with Crippen LogP contribution in [-0.4, -0.2) is 15.0 Å². The van der Waals surface area contributed by atoms with E-state index in [9.17, 15) is 0 Å². The second-order valence-electron chi connectivity index (χ2n) is 11.7. The van der Waals surface area contributed by atoms with E-state index >= 15 is 0 Å². The number of hydrogen-bond donors (Lipinski definition) is 0. The second-order valence-corrected chi connectivity index (χ2v) is 11.7. The fourth-order valence-electron chi connectivity index (χ4n) is 6.61. The molecule has 0 atom stereocenters. The molecule has 3 nitrogen and oxygen atoms in total. The maximum atomic E-state index is 5.04. The van der Waals surface area contributed by atoms with Gasteiger partial charge in [0.1, 0.15) is 0 Å². The van der Waals surface area contributed by atoms with Crippen LogP contribution in [0, 0.1) is 0 Å². The molecule has 0 saturated heterocycles. The third kappa shape index (κ3) is 4.49. The van der Waals surface area contributed by atoms with Gasteiger partial charge < -0.3 is 0 Å². The van der Waals surface area contributed by atoms with Gasteiger partial charge in [0, 0.05) is 16.7 Å². The first-order chi connectivity index (χ1) is 22.8. The number of aromatic nitrogens is 3. The van der Waals surface area contributed by atoms with Gasteiger partial charge in [-0.05, 0) is 73.5 Å². The molecule has 0 amide bonds. The van der Waals surface area contributed by atoms with Crippen molar-refractivity contribution in [3.63, 3.8) is 0 Å². The Balaban J connectivity index is 1.16. The first-order valence-corrected chi connectivity index (χ1v) is 15.5. The van der Waals surface area contributed by atoms with Crippen LogP contribution in [0.4, 0.5) is 0 Å². The monoisotopic (exact) mass is 585 g/mol. The summed E-state index contributed by atoms with van der Waals surface area (Å²) < 4.78 is 0. The molecule has 8 aromatic rings. The van der Waals surface area contributed by atoms with Gasteiger partial charge in [-0.25, -0.2) is 15.0 Å². The highest BCUT2D eigenvalue weighted by Crippen LogP contribution is 2.48. The summed E-state index contributed by atoms with van der Waals surface area (Å²) in [6.45, 7) is 0. The SMILES string of the molecule is c1ccc(-c2ccc(-c3nc(-c4ccccc4)nc(-c4cccc(-c5cc6c7c(cccc7c5)-c5ccccc5-6)c4)n3)cc2)cc1. The van der Waals surface area contributed by atoms with Crippen LogP contribution in [0.2, 0.25) is 0 Å². The molecule has 0 radical (unpaired) electrons. The third-order valence-corrected chi connectivity index (χ3v) is 8.86. The molecule has 46 heavy (non-hydrogen) atoms. The third-order valence-electron chi connectivity index (χ3n) is 8.86. The lowest BCUT2D eigenvalue weighted by atomic mass is 9.95. The van der Waals surface area contributed by atoms with Crippen LogP contribution in [0.25, 0.3) is 89.4 Å². The molecule has 3 heteroatoms. The Bertz CT molecular complexity index is 2400. The predicted octanol–water partition coefficient (Wildman–Crippen LogP) is 11.0. The van der Waals surface area contributed by atoms with E-state index in [0.717, 1.165) is 27.8 Å². The van der Waals surface area contributed by atoms with Gasteiger partial charge in [0.25, 0.3) is 0 Å². The lowest BCUT2D eigenvalue weighted by Crippen LogP contribution is -2.00. The van der Waals surface area contributed by atoms with Crippen molar-refractivity contribution in [2.45, 2.75) is 0 Å². The molecule has 214 valence electrons. The molecule has 0 fully saturated rings. The van der Waals surface area contributed by atoms with Crippen LogP contribution in [0.3, 0.4) is 0 Å². The van der Waals surface area contributed by atoms with Gasteiger partial charge in [-0.15, -0.1) is 0 Å². The Kier molecular flexibility index (Phi) is 6.14. The van der Waals surface area contributed by atoms with Crippen molar-refractivity contribution in [2.75, 3.05) is 0 Å². The lowest BCUT2D eigenvalue weighted by molar-refractivity contribution is 1.07. The van der Waals surface area contributed by atoms with Crippen molar-refractivity contribution in [2.24, 2.45) is 0 Å². The van der Waals surface area contributed by atoms with Crippen LogP contribution in [0.15, 0.2) is 164 Å². The summed E-state index contributed by atoms with van der Waals surface area (Å²) in [6.07, 6.45) is 0. The number of nitrogens with zero attached hydrogens (tertiary/aromatic N) is 3. The summed E-state index contributed by atoms with van der Waals surface area (Å²) in [4.78, 5) is 15.0. The molecule has 9 rings (SSSR count). The van der Waals surface area contributed by atoms with E-state index in [2.05, 4.69) is 127 Å². The first-order valence-electron chi connectivity index (χ1n) is 15.5. The molecule has 0 saturated carbocycles. The molecule has 1 aliphatic carbocycles. The molecule has 0 N–H and O–H groups in total. The Morgan fingerprint density at radius 3 is 1.46 bits per heavy atom. The van der Waals surface area contributed by atoms with Gasteiger partial charge >= 0.3 is 0 Å². The smallest absolute Gasteiger partial charge is 0.164 e. The highest BCUT2D eigenvalue weighted by molar-refractivity contribution is 6.16. The van der Waals surface area contributed by atoms with Crippen molar-refractivity contribution >= 4 is 10.8 Å². The summed E-state index contributed by atoms with van der Waals surface area (Å²) in [5.41, 5.74) is 12.7. The van der Waals surface area contributed by atoms with Crippen molar-refractivity contribution in [3.8, 4) is 78.7 Å². The maximum absolute atomic E-state index is 5.04. The minimum atomic E-state index is 0.649. The Labute approximate surface area is 267 Å². The molecule has 1 heterocycles. The van der Waals surface area contributed by atoms with E-state index in [1.165, 1.54) is 44.2 Å². The van der Waals surface area contributed by atoms with E-state index in [4.69, 9.17) is 15.0 Å². The van der Waals surface area contributed by atoms with E-state index in [-0.39, 0.29) is 0 Å². The average molecular weight is 586 g/mol. The lowest BCUT2D eigenvalue weighted by Gasteiger charge is -2.11. The zero-order valence-electron chi connectivity index (χ0n) is 24.9. The van der Waals surface area contributed by atoms with Gasteiger partial charge in [0.05, 0.1) is 0 Å². The van der Waals surface area contributed by atoms with Gasteiger partial charge in [0.2, 0.25) is 0 Å². The highest BCUT2D eigenvalue weighted by Gasteiger charge is 2.22. The van der Waals surface area contributed by atoms with Crippen LogP contribution in [0.1, 0.15) is 0 Å². The minimum absolute atomic E-state index is 0.649. The van der Waals surface area contributed by atoms with Crippen molar-refractivity contribution in [1.82, 2.24) is 15.0 Å². The average Bonchev–Trinajstić information content (AvgIpc) is 3.47. The zero-order valence-corrected chi connectivity index (χ0v) is 24.9. The van der Waals surface area contributed by atoms with Gasteiger partial charge in [0.15, 0.2) is 17.5 Å². The zero-order chi connectivity index (χ0) is 30.5. The molecule has 0 aliphatic heterocycles. The molecule has 1 aromatic heterocycles. The molecule has 7 aromatic carbocycles. The summed E-state index contributed by atoms with van der Waals surface area (Å²) in [7, 11) is 0. The van der Waals surface area contributed by atoms with Crippen LogP contribution in [0.5, 0.6) is 0 Å². The van der Waals surface area contributed by atoms with E-state index in [0.29, 0.717) is 17.5 Å². The van der Waals surface area contributed by atoms with Crippen LogP contribution >= 0.6 is 0 Å². The second kappa shape index (κ2) is 10.8. The highest BCUT2D eigenvalue weighted by atomic mass is 15.0. The Hall–Kier alpha value is -6.19. The van der Waals surface area contributed by atoms with Crippen LogP contribution in [-0.2, 0) is 0 Å². The van der Waals surface area contributed by atoms with Crippen LogP contribution < -0.4 is 0 Å². The standard InChI is InChI=1S/C43H27N3/c1-3-11-28(12-4-1)29-21-23-31(24-22-29)42-44-41(30-13-5-2-6-14-30)45-43(46-42)34-17-9-15-32(25-34)35-26-33-16-10-20-38-36-18-7-8-19-37(36)39(27-35)40(33)38/h1-27H. The first kappa shape index (κ1) is 26.2. The summed E-state index contributed by atoms with van der Waals surface area (Å²) in [6, 6.07) is 57.5. The molecular weight excluding hydrogens is 558 g/mol. The molecule has 0 unspecified atom stereocenters. The Morgan fingerprint density at radius 2 is 0.739 bits per heavy atom. The minimum Gasteiger partial charge on any atom is -0.208 e. The molecule has 0 spiro atoms. The molecule has 1 aliphatic rings. The maximum Gasteiger partial charge on any atom is 0.164 e. The summed E-state index contributed by atoms with van der Waals surface area (Å²) in [5, 5.41) is 2.58.